The first-order valence-corrected chi connectivity index (χ1v) is 5.92. The monoisotopic (exact) mass is 166 g/mol. The van der Waals surface area contributed by atoms with Crippen molar-refractivity contribution in [2.75, 3.05) is 0 Å². The maximum Gasteiger partial charge on any atom is -0.0357 e. The van der Waals surface area contributed by atoms with Gasteiger partial charge in [-0.05, 0) is 37.0 Å². The van der Waals surface area contributed by atoms with Gasteiger partial charge in [0.2, 0.25) is 0 Å². The average molecular weight is 166 g/mol. The third kappa shape index (κ3) is 1.84. The van der Waals surface area contributed by atoms with Crippen molar-refractivity contribution >= 4 is 0 Å². The quantitative estimate of drug-likeness (QED) is 0.594. The highest BCUT2D eigenvalue weighted by Gasteiger charge is 2.36. The lowest BCUT2D eigenvalue weighted by Crippen LogP contribution is -2.20. The van der Waals surface area contributed by atoms with Crippen LogP contribution in [-0.4, -0.2) is 0 Å². The molecule has 0 spiro atoms. The Kier molecular flexibility index (Phi) is 2.73. The zero-order valence-electron chi connectivity index (χ0n) is 8.39. The van der Waals surface area contributed by atoms with Gasteiger partial charge in [0.1, 0.15) is 0 Å². The second kappa shape index (κ2) is 3.81. The highest BCUT2D eigenvalue weighted by atomic mass is 14.4. The lowest BCUT2D eigenvalue weighted by atomic mass is 9.74. The minimum atomic E-state index is 1.12. The van der Waals surface area contributed by atoms with Gasteiger partial charge in [-0.15, -0.1) is 0 Å². The zero-order valence-corrected chi connectivity index (χ0v) is 8.39. The van der Waals surface area contributed by atoms with Crippen LogP contribution in [0.15, 0.2) is 0 Å². The summed E-state index contributed by atoms with van der Waals surface area (Å²) in [7, 11) is 0. The molecule has 2 saturated carbocycles. The molecule has 0 aromatic carbocycles. The standard InChI is InChI=1S/C12H22/c1-2-5-10-6-3-4-7-12(10)11-8-9-11/h10-12H,2-9H2,1H3/t10-,12+/m0/s1. The summed E-state index contributed by atoms with van der Waals surface area (Å²) in [4.78, 5) is 0. The SMILES string of the molecule is CCC[C@H]1CCCC[C@H]1C1CC1. The highest BCUT2D eigenvalue weighted by molar-refractivity contribution is 4.87. The fourth-order valence-corrected chi connectivity index (χ4v) is 3.11. The topological polar surface area (TPSA) is 0 Å². The van der Waals surface area contributed by atoms with E-state index in [0.717, 1.165) is 11.8 Å². The molecule has 70 valence electrons. The summed E-state index contributed by atoms with van der Waals surface area (Å²) in [6, 6.07) is 0. The molecular formula is C12H22. The molecule has 0 radical (unpaired) electrons. The van der Waals surface area contributed by atoms with E-state index in [9.17, 15) is 0 Å². The number of hydrogen-bond donors (Lipinski definition) is 0. The fourth-order valence-electron chi connectivity index (χ4n) is 3.11. The average Bonchev–Trinajstić information content (AvgIpc) is 2.89. The predicted octanol–water partition coefficient (Wildman–Crippen LogP) is 4.00. The molecule has 0 unspecified atom stereocenters. The van der Waals surface area contributed by atoms with Crippen LogP contribution in [0.5, 0.6) is 0 Å². The van der Waals surface area contributed by atoms with Crippen molar-refractivity contribution < 1.29 is 0 Å². The molecule has 0 amide bonds. The Morgan fingerprint density at radius 3 is 2.42 bits per heavy atom. The predicted molar refractivity (Wildman–Crippen MR) is 53.1 cm³/mol. The Morgan fingerprint density at radius 1 is 1.00 bits per heavy atom. The largest absolute Gasteiger partial charge is 0.0654 e. The van der Waals surface area contributed by atoms with Crippen molar-refractivity contribution in [2.45, 2.75) is 58.3 Å². The zero-order chi connectivity index (χ0) is 8.39. The Morgan fingerprint density at radius 2 is 1.75 bits per heavy atom. The molecule has 2 fully saturated rings. The summed E-state index contributed by atoms with van der Waals surface area (Å²) in [5, 5.41) is 0. The van der Waals surface area contributed by atoms with Gasteiger partial charge in [-0.25, -0.2) is 0 Å². The molecule has 0 aliphatic heterocycles. The Bertz CT molecular complexity index is 133. The molecule has 0 N–H and O–H groups in total. The summed E-state index contributed by atoms with van der Waals surface area (Å²) in [6.45, 7) is 2.35. The Balaban J connectivity index is 1.87. The molecular weight excluding hydrogens is 144 g/mol. The maximum absolute atomic E-state index is 2.35. The van der Waals surface area contributed by atoms with E-state index >= 15 is 0 Å². The normalized spacial score (nSPS) is 36.8. The molecule has 0 heteroatoms. The van der Waals surface area contributed by atoms with Crippen LogP contribution in [0.1, 0.15) is 58.3 Å². The second-order valence-corrected chi connectivity index (χ2v) is 4.83. The van der Waals surface area contributed by atoms with Gasteiger partial charge >= 0.3 is 0 Å². The lowest BCUT2D eigenvalue weighted by Gasteiger charge is -2.31. The smallest absolute Gasteiger partial charge is 0.0357 e. The summed E-state index contributed by atoms with van der Waals surface area (Å²) >= 11 is 0. The number of hydrogen-bond acceptors (Lipinski definition) is 0. The fraction of sp³-hybridized carbons (Fsp3) is 1.00. The molecule has 2 aliphatic rings. The third-order valence-electron chi connectivity index (χ3n) is 3.85. The summed E-state index contributed by atoms with van der Waals surface area (Å²) in [6.07, 6.45) is 12.2. The third-order valence-corrected chi connectivity index (χ3v) is 3.85. The Labute approximate surface area is 76.7 Å². The van der Waals surface area contributed by atoms with Crippen molar-refractivity contribution in [3.8, 4) is 0 Å². The first kappa shape index (κ1) is 8.59. The van der Waals surface area contributed by atoms with Crippen molar-refractivity contribution in [3.05, 3.63) is 0 Å². The van der Waals surface area contributed by atoms with E-state index in [-0.39, 0.29) is 0 Å². The van der Waals surface area contributed by atoms with Crippen LogP contribution < -0.4 is 0 Å². The molecule has 0 heterocycles. The molecule has 0 bridgehead atoms. The van der Waals surface area contributed by atoms with Crippen molar-refractivity contribution in [3.63, 3.8) is 0 Å². The van der Waals surface area contributed by atoms with E-state index in [1.807, 2.05) is 0 Å². The van der Waals surface area contributed by atoms with E-state index in [1.165, 1.54) is 31.6 Å². The van der Waals surface area contributed by atoms with Gasteiger partial charge in [0, 0.05) is 0 Å². The van der Waals surface area contributed by atoms with Gasteiger partial charge < -0.3 is 0 Å². The second-order valence-electron chi connectivity index (χ2n) is 4.83. The van der Waals surface area contributed by atoms with Crippen molar-refractivity contribution in [1.82, 2.24) is 0 Å². The van der Waals surface area contributed by atoms with E-state index < -0.39 is 0 Å². The number of rotatable bonds is 3. The van der Waals surface area contributed by atoms with Crippen LogP contribution in [0.2, 0.25) is 0 Å². The highest BCUT2D eigenvalue weighted by Crippen LogP contribution is 2.47. The van der Waals surface area contributed by atoms with Gasteiger partial charge in [-0.2, -0.15) is 0 Å². The molecule has 2 rings (SSSR count). The van der Waals surface area contributed by atoms with Crippen LogP contribution in [0.4, 0.5) is 0 Å². The van der Waals surface area contributed by atoms with Gasteiger partial charge in [0.15, 0.2) is 0 Å². The van der Waals surface area contributed by atoms with Crippen LogP contribution in [0.3, 0.4) is 0 Å². The van der Waals surface area contributed by atoms with Crippen molar-refractivity contribution in [1.29, 1.82) is 0 Å². The van der Waals surface area contributed by atoms with Crippen LogP contribution in [-0.2, 0) is 0 Å². The van der Waals surface area contributed by atoms with E-state index in [1.54, 1.807) is 25.7 Å². The van der Waals surface area contributed by atoms with Gasteiger partial charge in [0.25, 0.3) is 0 Å². The molecule has 0 saturated heterocycles. The molecule has 12 heavy (non-hydrogen) atoms. The van der Waals surface area contributed by atoms with Crippen LogP contribution >= 0.6 is 0 Å². The molecule has 2 aliphatic carbocycles. The molecule has 0 aromatic heterocycles. The molecule has 2 atom stereocenters. The molecule has 0 nitrogen and oxygen atoms in total. The minimum Gasteiger partial charge on any atom is -0.0654 e. The van der Waals surface area contributed by atoms with Gasteiger partial charge in [0.05, 0.1) is 0 Å². The summed E-state index contributed by atoms with van der Waals surface area (Å²) in [5.41, 5.74) is 0. The van der Waals surface area contributed by atoms with Crippen LogP contribution in [0, 0.1) is 17.8 Å². The van der Waals surface area contributed by atoms with Gasteiger partial charge in [-0.3, -0.25) is 0 Å². The van der Waals surface area contributed by atoms with E-state index in [0.29, 0.717) is 0 Å². The minimum absolute atomic E-state index is 1.12. The summed E-state index contributed by atoms with van der Waals surface area (Å²) < 4.78 is 0. The molecule has 0 aromatic rings. The van der Waals surface area contributed by atoms with E-state index in [4.69, 9.17) is 0 Å². The Hall–Kier alpha value is 0. The lowest BCUT2D eigenvalue weighted by molar-refractivity contribution is 0.197. The first-order valence-electron chi connectivity index (χ1n) is 5.92. The summed E-state index contributed by atoms with van der Waals surface area (Å²) in [5.74, 6) is 3.44. The van der Waals surface area contributed by atoms with E-state index in [2.05, 4.69) is 6.92 Å². The van der Waals surface area contributed by atoms with Gasteiger partial charge in [-0.1, -0.05) is 39.0 Å². The maximum atomic E-state index is 2.35. The van der Waals surface area contributed by atoms with Crippen LogP contribution in [0.25, 0.3) is 0 Å². The van der Waals surface area contributed by atoms with Crippen molar-refractivity contribution in [2.24, 2.45) is 17.8 Å². The first-order chi connectivity index (χ1) is 5.92.